The molecule has 7 rings (SSSR count). The summed E-state index contributed by atoms with van der Waals surface area (Å²) in [6.07, 6.45) is 7.82. The molecule has 2 aromatic heterocycles. The van der Waals surface area contributed by atoms with Crippen LogP contribution >= 0.6 is 0 Å². The van der Waals surface area contributed by atoms with Gasteiger partial charge in [0.2, 0.25) is 5.88 Å². The first-order chi connectivity index (χ1) is 17.4. The Bertz CT molecular complexity index is 1120. The minimum absolute atomic E-state index is 0.151. The summed E-state index contributed by atoms with van der Waals surface area (Å²) in [5, 5.41) is 16.3. The van der Waals surface area contributed by atoms with Crippen LogP contribution in [0.15, 0.2) is 42.6 Å². The molecule has 0 aromatic carbocycles. The van der Waals surface area contributed by atoms with E-state index < -0.39 is 6.09 Å². The molecule has 4 saturated carbocycles. The maximum absolute atomic E-state index is 13.1. The van der Waals surface area contributed by atoms with Gasteiger partial charge in [-0.2, -0.15) is 4.98 Å². The van der Waals surface area contributed by atoms with Gasteiger partial charge >= 0.3 is 6.09 Å². The second kappa shape index (κ2) is 9.03. The van der Waals surface area contributed by atoms with Crippen molar-refractivity contribution >= 4 is 17.8 Å². The van der Waals surface area contributed by atoms with Gasteiger partial charge in [0.1, 0.15) is 11.5 Å². The van der Waals surface area contributed by atoms with Crippen LogP contribution in [0.4, 0.5) is 10.6 Å². The minimum Gasteiger partial charge on any atom is -0.393 e. The van der Waals surface area contributed by atoms with Crippen LogP contribution in [0.3, 0.4) is 0 Å². The van der Waals surface area contributed by atoms with Gasteiger partial charge in [-0.1, -0.05) is 12.1 Å². The summed E-state index contributed by atoms with van der Waals surface area (Å²) < 4.78 is 5.65. The van der Waals surface area contributed by atoms with Gasteiger partial charge in [0.15, 0.2) is 0 Å². The lowest BCUT2D eigenvalue weighted by Crippen LogP contribution is -2.70. The average Bonchev–Trinajstić information content (AvgIpc) is 2.83. The number of amides is 2. The number of ether oxygens (including phenoxy) is 1. The average molecular weight is 492 g/mol. The van der Waals surface area contributed by atoms with Crippen molar-refractivity contribution in [1.29, 1.82) is 0 Å². The van der Waals surface area contributed by atoms with Crippen molar-refractivity contribution in [3.63, 3.8) is 0 Å². The highest BCUT2D eigenvalue weighted by atomic mass is 16.6. The molecule has 9 heteroatoms. The molecule has 3 heterocycles. The normalized spacial score (nSPS) is 31.2. The Balaban J connectivity index is 1.13. The van der Waals surface area contributed by atoms with E-state index in [0.29, 0.717) is 36.8 Å². The summed E-state index contributed by atoms with van der Waals surface area (Å²) >= 11 is 0. The Morgan fingerprint density at radius 2 is 1.69 bits per heavy atom. The summed E-state index contributed by atoms with van der Waals surface area (Å²) in [6, 6.07) is 10.8. The van der Waals surface area contributed by atoms with Crippen LogP contribution in [0.1, 0.15) is 61.9 Å². The molecule has 4 bridgehead atoms. The number of carbonyl (C=O) groups is 2. The largest absolute Gasteiger partial charge is 0.414 e. The molecule has 2 unspecified atom stereocenters. The van der Waals surface area contributed by atoms with E-state index in [9.17, 15) is 14.7 Å². The maximum Gasteiger partial charge on any atom is 0.414 e. The van der Waals surface area contributed by atoms with Gasteiger partial charge in [0.05, 0.1) is 6.10 Å². The molecule has 0 radical (unpaired) electrons. The lowest BCUT2D eigenvalue weighted by Gasteiger charge is -2.61. The summed E-state index contributed by atoms with van der Waals surface area (Å²) in [4.78, 5) is 36.9. The first kappa shape index (κ1) is 23.2. The predicted molar refractivity (Wildman–Crippen MR) is 133 cm³/mol. The van der Waals surface area contributed by atoms with E-state index in [-0.39, 0.29) is 29.0 Å². The molecular weight excluding hydrogens is 458 g/mol. The third-order valence-corrected chi connectivity index (χ3v) is 8.40. The number of hydrogen-bond acceptors (Lipinski definition) is 7. The Hall–Kier alpha value is -3.20. The molecular formula is C27H33N5O4. The third kappa shape index (κ3) is 4.64. The standard InChI is InChI=1S/C27H33N5O4/c33-20-7-10-32(11-8-20)22-5-3-6-23(29-22)36-25(35)31-27-15-18-12-19(16-27)14-26(13-18,17-27)30-24(34)21-4-1-2-9-28-21/h1-6,9,18-20,33H,7-8,10-17H2,(H,30,34)(H,31,35). The van der Waals surface area contributed by atoms with Crippen molar-refractivity contribution in [2.75, 3.05) is 18.0 Å². The van der Waals surface area contributed by atoms with Crippen LogP contribution in [-0.2, 0) is 0 Å². The number of rotatable bonds is 5. The smallest absolute Gasteiger partial charge is 0.393 e. The van der Waals surface area contributed by atoms with Crippen LogP contribution in [0, 0.1) is 11.8 Å². The molecule has 9 nitrogen and oxygen atoms in total. The monoisotopic (exact) mass is 491 g/mol. The van der Waals surface area contributed by atoms with Crippen LogP contribution < -0.4 is 20.3 Å². The van der Waals surface area contributed by atoms with E-state index in [4.69, 9.17) is 4.74 Å². The molecule has 2 amide bonds. The number of nitrogens with zero attached hydrogens (tertiary/aromatic N) is 3. The molecule has 36 heavy (non-hydrogen) atoms. The highest BCUT2D eigenvalue weighted by Crippen LogP contribution is 2.57. The number of anilines is 1. The van der Waals surface area contributed by atoms with Gasteiger partial charge in [-0.25, -0.2) is 4.79 Å². The molecule has 0 spiro atoms. The quantitative estimate of drug-likeness (QED) is 0.589. The molecule has 5 fully saturated rings. The van der Waals surface area contributed by atoms with Crippen molar-refractivity contribution in [1.82, 2.24) is 20.6 Å². The maximum atomic E-state index is 13.1. The Morgan fingerprint density at radius 3 is 2.39 bits per heavy atom. The number of carbonyl (C=O) groups excluding carboxylic acids is 2. The van der Waals surface area contributed by atoms with E-state index in [2.05, 4.69) is 25.5 Å². The Labute approximate surface area is 210 Å². The van der Waals surface area contributed by atoms with Crippen LogP contribution in [0.5, 0.6) is 5.88 Å². The van der Waals surface area contributed by atoms with Crippen LogP contribution in [0.25, 0.3) is 0 Å². The first-order valence-corrected chi connectivity index (χ1v) is 13.0. The Morgan fingerprint density at radius 1 is 0.972 bits per heavy atom. The first-order valence-electron chi connectivity index (χ1n) is 13.0. The van der Waals surface area contributed by atoms with Gasteiger partial charge in [0.25, 0.3) is 5.91 Å². The predicted octanol–water partition coefficient (Wildman–Crippen LogP) is 3.05. The zero-order chi connectivity index (χ0) is 24.8. The van der Waals surface area contributed by atoms with Gasteiger partial charge < -0.3 is 25.4 Å². The fraction of sp³-hybridized carbons (Fsp3) is 0.556. The molecule has 1 saturated heterocycles. The van der Waals surface area contributed by atoms with E-state index in [1.807, 2.05) is 18.2 Å². The molecule has 2 atom stereocenters. The number of pyridine rings is 2. The van der Waals surface area contributed by atoms with Crippen LogP contribution in [-0.4, -0.2) is 57.3 Å². The number of hydrogen-bond donors (Lipinski definition) is 3. The van der Waals surface area contributed by atoms with Crippen molar-refractivity contribution in [2.45, 2.75) is 68.5 Å². The van der Waals surface area contributed by atoms with Crippen molar-refractivity contribution in [2.24, 2.45) is 11.8 Å². The molecule has 2 aromatic rings. The highest BCUT2D eigenvalue weighted by molar-refractivity contribution is 5.92. The van der Waals surface area contributed by atoms with E-state index in [1.165, 1.54) is 0 Å². The SMILES string of the molecule is O=C(NC12CC3CC(C1)CC(NC(=O)c1ccccn1)(C3)C2)Oc1cccc(N2CCC(O)CC2)n1. The number of aliphatic hydroxyl groups excluding tert-OH is 1. The lowest BCUT2D eigenvalue weighted by molar-refractivity contribution is -0.0450. The highest BCUT2D eigenvalue weighted by Gasteiger charge is 2.59. The molecule has 3 N–H and O–H groups in total. The minimum atomic E-state index is -0.498. The number of nitrogens with one attached hydrogen (secondary N) is 2. The van der Waals surface area contributed by atoms with E-state index >= 15 is 0 Å². The van der Waals surface area contributed by atoms with Gasteiger partial charge in [-0.3, -0.25) is 9.78 Å². The van der Waals surface area contributed by atoms with Gasteiger partial charge in [-0.15, -0.1) is 0 Å². The lowest BCUT2D eigenvalue weighted by atomic mass is 9.50. The second-order valence-corrected chi connectivity index (χ2v) is 11.3. The summed E-state index contributed by atoms with van der Waals surface area (Å²) in [5.74, 6) is 1.79. The van der Waals surface area contributed by atoms with E-state index in [0.717, 1.165) is 51.0 Å². The summed E-state index contributed by atoms with van der Waals surface area (Å²) in [6.45, 7) is 1.45. The van der Waals surface area contributed by atoms with Crippen molar-refractivity contribution in [3.8, 4) is 5.88 Å². The van der Waals surface area contributed by atoms with Gasteiger partial charge in [-0.05, 0) is 81.4 Å². The number of aliphatic hydroxyl groups is 1. The molecule has 5 aliphatic rings. The zero-order valence-electron chi connectivity index (χ0n) is 20.4. The van der Waals surface area contributed by atoms with Gasteiger partial charge in [0, 0.05) is 36.4 Å². The second-order valence-electron chi connectivity index (χ2n) is 11.3. The van der Waals surface area contributed by atoms with E-state index in [1.54, 1.807) is 24.4 Å². The zero-order valence-corrected chi connectivity index (χ0v) is 20.4. The molecule has 190 valence electrons. The fourth-order valence-corrected chi connectivity index (χ4v) is 7.43. The molecule has 1 aliphatic heterocycles. The van der Waals surface area contributed by atoms with Crippen molar-refractivity contribution in [3.05, 3.63) is 48.3 Å². The Kier molecular flexibility index (Phi) is 5.82. The molecule has 4 aliphatic carbocycles. The topological polar surface area (TPSA) is 117 Å². The van der Waals surface area contributed by atoms with Crippen LogP contribution in [0.2, 0.25) is 0 Å². The fourth-order valence-electron chi connectivity index (χ4n) is 7.43. The summed E-state index contributed by atoms with van der Waals surface area (Å²) in [5.41, 5.74) is -0.300. The third-order valence-electron chi connectivity index (χ3n) is 8.40. The number of aromatic nitrogens is 2. The van der Waals surface area contributed by atoms with Crippen molar-refractivity contribution < 1.29 is 19.4 Å². The number of piperidine rings is 1. The summed E-state index contributed by atoms with van der Waals surface area (Å²) in [7, 11) is 0.